The molecule has 4 heteroatoms. The maximum Gasteiger partial charge on any atom is 0.147 e. The number of hydrogen-bond donors (Lipinski definition) is 1. The van der Waals surface area contributed by atoms with Crippen molar-refractivity contribution in [2.45, 2.75) is 27.0 Å². The molecule has 17 heavy (non-hydrogen) atoms. The number of benzene rings is 1. The number of para-hydroxylation sites is 1. The predicted molar refractivity (Wildman–Crippen MR) is 67.7 cm³/mol. The number of aliphatic hydroxyl groups excluding tert-OH is 1. The Hall–Kier alpha value is -1.06. The van der Waals surface area contributed by atoms with Crippen molar-refractivity contribution >= 4 is 22.5 Å². The van der Waals surface area contributed by atoms with Gasteiger partial charge in [0.2, 0.25) is 0 Å². The Balaban J connectivity index is 2.76. The Bertz CT molecular complexity index is 548. The summed E-state index contributed by atoms with van der Waals surface area (Å²) in [6, 6.07) is 4.83. The van der Waals surface area contributed by atoms with Crippen LogP contribution in [-0.4, -0.2) is 9.67 Å². The van der Waals surface area contributed by atoms with E-state index in [2.05, 4.69) is 0 Å². The van der Waals surface area contributed by atoms with E-state index in [4.69, 9.17) is 11.6 Å². The first-order valence-electron chi connectivity index (χ1n) is 5.62. The minimum atomic E-state index is -0.301. The second-order valence-corrected chi connectivity index (χ2v) is 4.93. The zero-order valence-corrected chi connectivity index (χ0v) is 10.6. The number of nitrogens with zero attached hydrogens (tertiary/aromatic N) is 1. The molecule has 2 aromatic rings. The van der Waals surface area contributed by atoms with Crippen LogP contribution in [0.4, 0.5) is 4.39 Å². The Labute approximate surface area is 105 Å². The molecule has 1 aromatic carbocycles. The van der Waals surface area contributed by atoms with E-state index < -0.39 is 0 Å². The number of fused-ring (bicyclic) bond motifs is 1. The van der Waals surface area contributed by atoms with Gasteiger partial charge in [0.05, 0.1) is 12.1 Å². The van der Waals surface area contributed by atoms with Crippen LogP contribution < -0.4 is 0 Å². The zero-order chi connectivity index (χ0) is 12.6. The number of halogens is 2. The highest BCUT2D eigenvalue weighted by atomic mass is 35.5. The minimum Gasteiger partial charge on any atom is -0.392 e. The van der Waals surface area contributed by atoms with E-state index in [1.807, 2.05) is 13.8 Å². The van der Waals surface area contributed by atoms with Gasteiger partial charge < -0.3 is 9.67 Å². The number of rotatable bonds is 3. The van der Waals surface area contributed by atoms with Crippen LogP contribution in [0.15, 0.2) is 18.2 Å². The van der Waals surface area contributed by atoms with Crippen LogP contribution in [0.1, 0.15) is 19.4 Å². The molecule has 0 aliphatic rings. The highest BCUT2D eigenvalue weighted by molar-refractivity contribution is 6.32. The molecule has 1 heterocycles. The highest BCUT2D eigenvalue weighted by Crippen LogP contribution is 2.32. The van der Waals surface area contributed by atoms with Gasteiger partial charge in [-0.1, -0.05) is 37.6 Å². The first kappa shape index (κ1) is 12.4. The molecule has 2 rings (SSSR count). The first-order chi connectivity index (χ1) is 8.06. The van der Waals surface area contributed by atoms with Crippen molar-refractivity contribution in [2.24, 2.45) is 5.92 Å². The summed E-state index contributed by atoms with van der Waals surface area (Å²) in [6.07, 6.45) is 0. The summed E-state index contributed by atoms with van der Waals surface area (Å²) in [5.41, 5.74) is 1.08. The van der Waals surface area contributed by atoms with Crippen LogP contribution in [0, 0.1) is 11.7 Å². The summed E-state index contributed by atoms with van der Waals surface area (Å²) in [7, 11) is 0. The van der Waals surface area contributed by atoms with Crippen molar-refractivity contribution in [1.29, 1.82) is 0 Å². The maximum absolute atomic E-state index is 13.9. The van der Waals surface area contributed by atoms with Gasteiger partial charge in [-0.05, 0) is 12.0 Å². The molecule has 1 N–H and O–H groups in total. The molecule has 0 saturated heterocycles. The molecule has 0 unspecified atom stereocenters. The number of aromatic nitrogens is 1. The summed E-state index contributed by atoms with van der Waals surface area (Å²) in [5, 5.41) is 10.5. The van der Waals surface area contributed by atoms with Crippen molar-refractivity contribution in [3.05, 3.63) is 34.7 Å². The van der Waals surface area contributed by atoms with E-state index in [-0.39, 0.29) is 12.4 Å². The summed E-state index contributed by atoms with van der Waals surface area (Å²) in [4.78, 5) is 0. The van der Waals surface area contributed by atoms with E-state index in [1.165, 1.54) is 6.07 Å². The van der Waals surface area contributed by atoms with E-state index in [0.717, 1.165) is 0 Å². The molecule has 0 amide bonds. The van der Waals surface area contributed by atoms with Gasteiger partial charge in [-0.25, -0.2) is 4.39 Å². The molecule has 0 atom stereocenters. The molecule has 1 aromatic heterocycles. The van der Waals surface area contributed by atoms with Gasteiger partial charge >= 0.3 is 0 Å². The van der Waals surface area contributed by atoms with Gasteiger partial charge in [0.1, 0.15) is 11.0 Å². The zero-order valence-electron chi connectivity index (χ0n) is 9.87. The van der Waals surface area contributed by atoms with Gasteiger partial charge in [0, 0.05) is 17.5 Å². The van der Waals surface area contributed by atoms with Gasteiger partial charge in [-0.3, -0.25) is 0 Å². The summed E-state index contributed by atoms with van der Waals surface area (Å²) >= 11 is 6.20. The van der Waals surface area contributed by atoms with Gasteiger partial charge in [-0.15, -0.1) is 0 Å². The third-order valence-electron chi connectivity index (χ3n) is 2.77. The second-order valence-electron chi connectivity index (χ2n) is 4.57. The van der Waals surface area contributed by atoms with E-state index in [1.54, 1.807) is 16.7 Å². The summed E-state index contributed by atoms with van der Waals surface area (Å²) in [6.45, 7) is 4.55. The molecule has 0 bridgehead atoms. The van der Waals surface area contributed by atoms with Crippen molar-refractivity contribution in [3.8, 4) is 0 Å². The van der Waals surface area contributed by atoms with Crippen molar-refractivity contribution < 1.29 is 9.50 Å². The summed E-state index contributed by atoms with van der Waals surface area (Å²) in [5.74, 6) is 0.0546. The molecular weight excluding hydrogens is 241 g/mol. The van der Waals surface area contributed by atoms with Gasteiger partial charge in [0.15, 0.2) is 0 Å². The molecule has 2 nitrogen and oxygen atoms in total. The average molecular weight is 256 g/mol. The largest absolute Gasteiger partial charge is 0.392 e. The van der Waals surface area contributed by atoms with Gasteiger partial charge in [-0.2, -0.15) is 0 Å². The monoisotopic (exact) mass is 255 g/mol. The van der Waals surface area contributed by atoms with Crippen molar-refractivity contribution in [2.75, 3.05) is 0 Å². The van der Waals surface area contributed by atoms with Crippen molar-refractivity contribution in [3.63, 3.8) is 0 Å². The Morgan fingerprint density at radius 1 is 1.41 bits per heavy atom. The third kappa shape index (κ3) is 2.05. The van der Waals surface area contributed by atoms with Gasteiger partial charge in [0.25, 0.3) is 0 Å². The SMILES string of the molecule is CC(C)Cn1c(Cl)c(CO)c2cccc(F)c21. The second kappa shape index (κ2) is 4.67. The lowest BCUT2D eigenvalue weighted by molar-refractivity contribution is 0.283. The van der Waals surface area contributed by atoms with Crippen LogP contribution in [0.25, 0.3) is 10.9 Å². The quantitative estimate of drug-likeness (QED) is 0.891. The lowest BCUT2D eigenvalue weighted by atomic mass is 10.2. The van der Waals surface area contributed by atoms with Crippen molar-refractivity contribution in [1.82, 2.24) is 4.57 Å². The first-order valence-corrected chi connectivity index (χ1v) is 6.00. The molecule has 0 aliphatic heterocycles. The topological polar surface area (TPSA) is 25.2 Å². The Morgan fingerprint density at radius 3 is 2.71 bits per heavy atom. The number of aliphatic hydroxyl groups is 1. The smallest absolute Gasteiger partial charge is 0.147 e. The Kier molecular flexibility index (Phi) is 3.40. The van der Waals surface area contributed by atoms with E-state index in [0.29, 0.717) is 34.1 Å². The van der Waals surface area contributed by atoms with E-state index in [9.17, 15) is 9.50 Å². The Morgan fingerprint density at radius 2 is 2.12 bits per heavy atom. The lowest BCUT2D eigenvalue weighted by Crippen LogP contribution is -2.05. The van der Waals surface area contributed by atoms with Crippen LogP contribution in [0.3, 0.4) is 0 Å². The van der Waals surface area contributed by atoms with Crippen LogP contribution in [0.2, 0.25) is 5.15 Å². The minimum absolute atomic E-state index is 0.177. The molecule has 0 saturated carbocycles. The standard InChI is InChI=1S/C13H15ClFNO/c1-8(2)6-16-12-9(4-3-5-11(12)15)10(7-17)13(16)14/h3-5,8,17H,6-7H2,1-2H3. The highest BCUT2D eigenvalue weighted by Gasteiger charge is 2.18. The fourth-order valence-electron chi connectivity index (χ4n) is 2.09. The third-order valence-corrected chi connectivity index (χ3v) is 3.21. The molecule has 0 spiro atoms. The molecule has 0 fully saturated rings. The molecular formula is C13H15ClFNO. The lowest BCUT2D eigenvalue weighted by Gasteiger charge is -2.10. The average Bonchev–Trinajstić information content (AvgIpc) is 2.52. The molecule has 0 radical (unpaired) electrons. The van der Waals surface area contributed by atoms with Crippen LogP contribution >= 0.6 is 11.6 Å². The van der Waals surface area contributed by atoms with E-state index >= 15 is 0 Å². The number of hydrogen-bond acceptors (Lipinski definition) is 1. The normalized spacial score (nSPS) is 11.6. The molecule has 0 aliphatic carbocycles. The van der Waals surface area contributed by atoms with Crippen LogP contribution in [-0.2, 0) is 13.2 Å². The summed E-state index contributed by atoms with van der Waals surface area (Å²) < 4.78 is 15.6. The maximum atomic E-state index is 13.9. The fraction of sp³-hybridized carbons (Fsp3) is 0.385. The predicted octanol–water partition coefficient (Wildman–Crippen LogP) is 3.58. The fourth-order valence-corrected chi connectivity index (χ4v) is 2.41. The van der Waals surface area contributed by atoms with Crippen LogP contribution in [0.5, 0.6) is 0 Å². The molecule has 92 valence electrons.